The third-order valence-electron chi connectivity index (χ3n) is 8.64. The highest BCUT2D eigenvalue weighted by atomic mass is 79.9. The van der Waals surface area contributed by atoms with Crippen LogP contribution < -0.4 is 10.3 Å². The molecule has 0 spiro atoms. The minimum Gasteiger partial charge on any atom is -0.473 e. The highest BCUT2D eigenvalue weighted by Gasteiger charge is 2.39. The van der Waals surface area contributed by atoms with Crippen LogP contribution in [0.2, 0.25) is 0 Å². The molecule has 15 heteroatoms. The van der Waals surface area contributed by atoms with Crippen LogP contribution in [0.4, 0.5) is 8.78 Å². The fourth-order valence-electron chi connectivity index (χ4n) is 5.69. The minimum atomic E-state index is -0.562. The number of aromatic nitrogens is 2. The topological polar surface area (TPSA) is 148 Å². The number of hydrogen-bond acceptors (Lipinski definition) is 9. The molecule has 0 bridgehead atoms. The normalized spacial score (nSPS) is 16.7. The lowest BCUT2D eigenvalue weighted by atomic mass is 10.1. The van der Waals surface area contributed by atoms with Gasteiger partial charge in [0, 0.05) is 67.9 Å². The van der Waals surface area contributed by atoms with E-state index in [2.05, 4.69) is 25.9 Å². The van der Waals surface area contributed by atoms with Gasteiger partial charge < -0.3 is 29.0 Å². The Labute approximate surface area is 328 Å². The molecule has 2 amide bonds. The number of rotatable bonds is 12. The largest absolute Gasteiger partial charge is 0.473 e. The molecule has 12 nitrogen and oxygen atoms in total. The summed E-state index contributed by atoms with van der Waals surface area (Å²) in [7, 11) is 0. The number of carbonyl (C=O) groups is 4. The molecule has 2 aliphatic heterocycles. The van der Waals surface area contributed by atoms with E-state index in [1.807, 2.05) is 9.80 Å². The smallest absolute Gasteiger partial charge is 0.306 e. The van der Waals surface area contributed by atoms with Crippen LogP contribution in [-0.2, 0) is 32.2 Å². The minimum absolute atomic E-state index is 0.00856. The molecule has 2 aliphatic carbocycles. The second-order valence-electron chi connectivity index (χ2n) is 15.9. The molecular weight excluding hydrogens is 782 g/mol. The molecule has 6 rings (SSSR count). The van der Waals surface area contributed by atoms with E-state index in [9.17, 15) is 32.8 Å². The first-order chi connectivity index (χ1) is 25.9. The van der Waals surface area contributed by atoms with E-state index in [-0.39, 0.29) is 55.2 Å². The number of allylic oxidation sites excluding steroid dienone is 1. The predicted molar refractivity (Wildman–Crippen MR) is 205 cm³/mol. The van der Waals surface area contributed by atoms with Crippen LogP contribution in [0.15, 0.2) is 53.1 Å². The predicted octanol–water partition coefficient (Wildman–Crippen LogP) is 7.40. The van der Waals surface area contributed by atoms with Crippen LogP contribution in [0.25, 0.3) is 0 Å². The van der Waals surface area contributed by atoms with Crippen molar-refractivity contribution in [1.29, 1.82) is 0 Å². The molecule has 0 radical (unpaired) electrons. The lowest BCUT2D eigenvalue weighted by molar-refractivity contribution is -0.155. The van der Waals surface area contributed by atoms with Gasteiger partial charge in [0.2, 0.25) is 11.4 Å². The molecule has 0 aromatic carbocycles. The van der Waals surface area contributed by atoms with Gasteiger partial charge in [0.1, 0.15) is 17.8 Å². The number of H-pyrrole nitrogens is 1. The van der Waals surface area contributed by atoms with Crippen LogP contribution in [0, 0.1) is 0 Å². The summed E-state index contributed by atoms with van der Waals surface area (Å²) in [5.41, 5.74) is 2.78. The van der Waals surface area contributed by atoms with E-state index in [0.29, 0.717) is 77.7 Å². The van der Waals surface area contributed by atoms with E-state index in [0.717, 1.165) is 36.8 Å². The number of nitrogens with one attached hydrogen (secondary N) is 1. The first-order valence-electron chi connectivity index (χ1n) is 18.4. The summed E-state index contributed by atoms with van der Waals surface area (Å²) in [6.45, 7) is 12.0. The third-order valence-corrected chi connectivity index (χ3v) is 9.36. The highest BCUT2D eigenvalue weighted by Crippen LogP contribution is 2.35. The van der Waals surface area contributed by atoms with Crippen molar-refractivity contribution in [2.24, 2.45) is 0 Å². The number of ether oxygens (including phenoxy) is 3. The maximum absolute atomic E-state index is 13.1. The van der Waals surface area contributed by atoms with Crippen LogP contribution in [0.5, 0.6) is 5.88 Å². The number of aromatic amines is 1. The van der Waals surface area contributed by atoms with Gasteiger partial charge >= 0.3 is 11.9 Å². The number of pyridine rings is 2. The molecule has 4 heterocycles. The highest BCUT2D eigenvalue weighted by molar-refractivity contribution is 9.09. The summed E-state index contributed by atoms with van der Waals surface area (Å²) in [6, 6.07) is 4.03. The average Bonchev–Trinajstić information content (AvgIpc) is 4.05. The number of alkyl halides is 1. The lowest BCUT2D eigenvalue weighted by Crippen LogP contribution is -2.25. The standard InChI is InChI=1S/C20H25FN2O4.C10H16BrFO2.C10H10N2O2/c1-20(2,3)27-18(24)7-4-13(9-21)12-26-17-8-14-11-23(15-5-6-15)19(25)16(14)10-22-17;1-10(2,3)14-9(13)5-4-8(6-11)7-12;13-9-3-6-5-12(7-1-2-7)10(14)8(6)4-11-9/h8-10,15H,4-7,11-12H2,1-3H3;7H,4-6H2,1-3H3;3-4,7H,1-2,5H2,(H,11,13)/b13-9-;8-7-;. The van der Waals surface area contributed by atoms with Gasteiger partial charge in [0.25, 0.3) is 11.8 Å². The quantitative estimate of drug-likeness (QED) is 0.171. The first kappa shape index (κ1) is 43.3. The van der Waals surface area contributed by atoms with Gasteiger partial charge in [-0.3, -0.25) is 24.0 Å². The first-order valence-corrected chi connectivity index (χ1v) is 19.5. The summed E-state index contributed by atoms with van der Waals surface area (Å²) in [5.74, 6) is -0.239. The zero-order valence-electron chi connectivity index (χ0n) is 32.3. The summed E-state index contributed by atoms with van der Waals surface area (Å²) >= 11 is 3.13. The summed E-state index contributed by atoms with van der Waals surface area (Å²) in [4.78, 5) is 68.5. The summed E-state index contributed by atoms with van der Waals surface area (Å²) in [5, 5.41) is 0.451. The Kier molecular flexibility index (Phi) is 14.9. The molecule has 2 aromatic heterocycles. The van der Waals surface area contributed by atoms with Crippen LogP contribution >= 0.6 is 15.9 Å². The third kappa shape index (κ3) is 13.7. The number of esters is 2. The maximum atomic E-state index is 13.1. The Morgan fingerprint density at radius 2 is 1.29 bits per heavy atom. The van der Waals surface area contributed by atoms with Gasteiger partial charge in [-0.25, -0.2) is 13.8 Å². The molecule has 2 saturated carbocycles. The molecule has 2 fully saturated rings. The van der Waals surface area contributed by atoms with Crippen LogP contribution in [0.1, 0.15) is 125 Å². The molecule has 0 unspecified atom stereocenters. The van der Waals surface area contributed by atoms with Gasteiger partial charge in [-0.05, 0) is 102 Å². The van der Waals surface area contributed by atoms with Crippen molar-refractivity contribution in [3.05, 3.63) is 80.9 Å². The molecule has 2 aromatic rings. The zero-order chi connectivity index (χ0) is 40.5. The molecule has 4 aliphatic rings. The van der Waals surface area contributed by atoms with Gasteiger partial charge in [-0.1, -0.05) is 15.9 Å². The van der Waals surface area contributed by atoms with Crippen LogP contribution in [-0.4, -0.2) is 78.7 Å². The monoisotopic (exact) mass is 832 g/mol. The molecular formula is C40H51BrF2N4O8. The van der Waals surface area contributed by atoms with Gasteiger partial charge in [0.05, 0.1) is 23.8 Å². The number of halogens is 3. The SMILES string of the molecule is CC(C)(C)OC(=O)CC/C(=C/F)CBr.CC(C)(C)OC(=O)CC/C(=C/F)COc1cc2c(cn1)C(=O)N(C1CC1)C2.O=C1c2c[nH]c(=O)cc2CN1C1CC1. The maximum Gasteiger partial charge on any atom is 0.306 e. The number of nitrogens with zero attached hydrogens (tertiary/aromatic N) is 3. The lowest BCUT2D eigenvalue weighted by Gasteiger charge is -2.19. The fourth-order valence-corrected chi connectivity index (χ4v) is 6.09. The fraction of sp³-hybridized carbons (Fsp3) is 0.550. The second kappa shape index (κ2) is 19.0. The van der Waals surface area contributed by atoms with E-state index in [4.69, 9.17) is 14.2 Å². The van der Waals surface area contributed by atoms with Crippen molar-refractivity contribution in [1.82, 2.24) is 19.8 Å². The molecule has 0 atom stereocenters. The average molecular weight is 834 g/mol. The van der Waals surface area contributed by atoms with Crippen molar-refractivity contribution >= 4 is 39.7 Å². The van der Waals surface area contributed by atoms with E-state index < -0.39 is 11.2 Å². The Bertz CT molecular complexity index is 1840. The summed E-state index contributed by atoms with van der Waals surface area (Å²) in [6.07, 6.45) is 9.27. The van der Waals surface area contributed by atoms with Crippen molar-refractivity contribution in [2.75, 3.05) is 11.9 Å². The van der Waals surface area contributed by atoms with Gasteiger partial charge in [-0.2, -0.15) is 0 Å². The Hall–Kier alpha value is -4.40. The molecule has 0 saturated heterocycles. The molecule has 300 valence electrons. The van der Waals surface area contributed by atoms with Gasteiger partial charge in [-0.15, -0.1) is 0 Å². The number of hydrogen-bond donors (Lipinski definition) is 1. The summed E-state index contributed by atoms with van der Waals surface area (Å²) < 4.78 is 41.1. The molecule has 1 N–H and O–H groups in total. The number of carbonyl (C=O) groups excluding carboxylic acids is 4. The van der Waals surface area contributed by atoms with E-state index in [1.165, 1.54) is 18.5 Å². The van der Waals surface area contributed by atoms with Gasteiger partial charge in [0.15, 0.2) is 0 Å². The van der Waals surface area contributed by atoms with Crippen molar-refractivity contribution in [3.8, 4) is 5.88 Å². The zero-order valence-corrected chi connectivity index (χ0v) is 33.9. The Balaban J connectivity index is 0.000000202. The number of amides is 2. The van der Waals surface area contributed by atoms with E-state index in [1.54, 1.807) is 47.6 Å². The molecule has 55 heavy (non-hydrogen) atoms. The Morgan fingerprint density at radius 3 is 1.76 bits per heavy atom. The Morgan fingerprint density at radius 1 is 0.800 bits per heavy atom. The van der Waals surface area contributed by atoms with Crippen molar-refractivity contribution < 1.29 is 42.2 Å². The second-order valence-corrected chi connectivity index (χ2v) is 16.4. The van der Waals surface area contributed by atoms with Crippen molar-refractivity contribution in [2.45, 2.75) is 129 Å². The number of fused-ring (bicyclic) bond motifs is 2. The van der Waals surface area contributed by atoms with Crippen LogP contribution in [0.3, 0.4) is 0 Å². The van der Waals surface area contributed by atoms with E-state index >= 15 is 0 Å². The van der Waals surface area contributed by atoms with Crippen molar-refractivity contribution in [3.63, 3.8) is 0 Å².